The molecule has 1 heterocycles. The van der Waals surface area contributed by atoms with Crippen molar-refractivity contribution in [2.24, 2.45) is 5.73 Å². The molecule has 0 aliphatic heterocycles. The second-order valence-corrected chi connectivity index (χ2v) is 5.85. The first-order valence-corrected chi connectivity index (χ1v) is 6.61. The molecule has 0 saturated carbocycles. The Bertz CT molecular complexity index is 564. The Morgan fingerprint density at radius 3 is 2.32 bits per heavy atom. The van der Waals surface area contributed by atoms with Crippen molar-refractivity contribution in [2.45, 2.75) is 46.2 Å². The van der Waals surface area contributed by atoms with E-state index in [0.717, 1.165) is 18.1 Å². The van der Waals surface area contributed by atoms with Crippen molar-refractivity contribution in [2.75, 3.05) is 0 Å². The van der Waals surface area contributed by atoms with Crippen LogP contribution in [0.2, 0.25) is 0 Å². The van der Waals surface area contributed by atoms with Gasteiger partial charge in [0.25, 0.3) is 0 Å². The van der Waals surface area contributed by atoms with E-state index in [-0.39, 0.29) is 5.54 Å². The number of nitrogens with zero attached hydrogens (tertiary/aromatic N) is 3. The number of aryl methyl sites for hydroxylation is 1. The van der Waals surface area contributed by atoms with Gasteiger partial charge in [-0.2, -0.15) is 0 Å². The Morgan fingerprint density at radius 2 is 1.74 bits per heavy atom. The Labute approximate surface area is 114 Å². The number of rotatable bonds is 3. The molecule has 4 nitrogen and oxygen atoms in total. The van der Waals surface area contributed by atoms with Gasteiger partial charge in [-0.3, -0.25) is 0 Å². The first-order chi connectivity index (χ1) is 8.93. The SMILES string of the molecule is Cc1ccccc1Cc1nnc(CN)n1C(C)(C)C. The van der Waals surface area contributed by atoms with E-state index in [1.165, 1.54) is 11.1 Å². The van der Waals surface area contributed by atoms with Crippen LogP contribution in [0.4, 0.5) is 0 Å². The van der Waals surface area contributed by atoms with Crippen LogP contribution in [0.5, 0.6) is 0 Å². The van der Waals surface area contributed by atoms with E-state index < -0.39 is 0 Å². The first-order valence-electron chi connectivity index (χ1n) is 6.61. The molecule has 0 fully saturated rings. The Hall–Kier alpha value is -1.68. The minimum atomic E-state index is -0.0593. The number of hydrogen-bond acceptors (Lipinski definition) is 3. The third-order valence-electron chi connectivity index (χ3n) is 3.26. The van der Waals surface area contributed by atoms with Crippen LogP contribution >= 0.6 is 0 Å². The van der Waals surface area contributed by atoms with Crippen LogP contribution in [0, 0.1) is 6.92 Å². The Morgan fingerprint density at radius 1 is 1.11 bits per heavy atom. The minimum absolute atomic E-state index is 0.0593. The van der Waals surface area contributed by atoms with E-state index >= 15 is 0 Å². The molecular weight excluding hydrogens is 236 g/mol. The lowest BCUT2D eigenvalue weighted by molar-refractivity contribution is 0.371. The van der Waals surface area contributed by atoms with Crippen molar-refractivity contribution in [1.82, 2.24) is 14.8 Å². The highest BCUT2D eigenvalue weighted by Crippen LogP contribution is 2.21. The third-order valence-corrected chi connectivity index (χ3v) is 3.26. The monoisotopic (exact) mass is 258 g/mol. The van der Waals surface area contributed by atoms with Gasteiger partial charge in [0.15, 0.2) is 0 Å². The van der Waals surface area contributed by atoms with Gasteiger partial charge in [-0.25, -0.2) is 0 Å². The van der Waals surface area contributed by atoms with Crippen molar-refractivity contribution < 1.29 is 0 Å². The largest absolute Gasteiger partial charge is 0.324 e. The van der Waals surface area contributed by atoms with Crippen molar-refractivity contribution in [1.29, 1.82) is 0 Å². The molecule has 102 valence electrons. The lowest BCUT2D eigenvalue weighted by Crippen LogP contribution is -2.27. The maximum Gasteiger partial charge on any atom is 0.147 e. The van der Waals surface area contributed by atoms with E-state index in [9.17, 15) is 0 Å². The highest BCUT2D eigenvalue weighted by Gasteiger charge is 2.22. The summed E-state index contributed by atoms with van der Waals surface area (Å²) in [6, 6.07) is 8.37. The number of nitrogens with two attached hydrogens (primary N) is 1. The van der Waals surface area contributed by atoms with Crippen LogP contribution < -0.4 is 5.73 Å². The predicted molar refractivity (Wildman–Crippen MR) is 76.9 cm³/mol. The predicted octanol–water partition coefficient (Wildman–Crippen LogP) is 2.39. The molecule has 0 aliphatic carbocycles. The lowest BCUT2D eigenvalue weighted by Gasteiger charge is -2.25. The summed E-state index contributed by atoms with van der Waals surface area (Å²) in [6.07, 6.45) is 0.789. The molecule has 0 unspecified atom stereocenters. The Balaban J connectivity index is 2.42. The highest BCUT2D eigenvalue weighted by atomic mass is 15.3. The fourth-order valence-corrected chi connectivity index (χ4v) is 2.35. The number of benzene rings is 1. The molecule has 0 bridgehead atoms. The molecule has 19 heavy (non-hydrogen) atoms. The normalized spacial score (nSPS) is 11.8. The minimum Gasteiger partial charge on any atom is -0.324 e. The van der Waals surface area contributed by atoms with Crippen molar-refractivity contribution >= 4 is 0 Å². The first kappa shape index (κ1) is 13.7. The topological polar surface area (TPSA) is 56.7 Å². The second kappa shape index (κ2) is 5.13. The molecule has 0 amide bonds. The molecule has 1 aromatic heterocycles. The number of aromatic nitrogens is 3. The number of hydrogen-bond donors (Lipinski definition) is 1. The van der Waals surface area contributed by atoms with Gasteiger partial charge in [-0.05, 0) is 38.8 Å². The van der Waals surface area contributed by atoms with Gasteiger partial charge in [-0.1, -0.05) is 24.3 Å². The van der Waals surface area contributed by atoms with Gasteiger partial charge in [-0.15, -0.1) is 10.2 Å². The standard InChI is InChI=1S/C15H22N4/c1-11-7-5-6-8-12(11)9-13-17-18-14(10-16)19(13)15(2,3)4/h5-8H,9-10,16H2,1-4H3. The molecular formula is C15H22N4. The fourth-order valence-electron chi connectivity index (χ4n) is 2.35. The smallest absolute Gasteiger partial charge is 0.147 e. The molecule has 0 aliphatic rings. The molecule has 0 atom stereocenters. The van der Waals surface area contributed by atoms with Crippen molar-refractivity contribution in [3.05, 3.63) is 47.0 Å². The van der Waals surface area contributed by atoms with E-state index in [4.69, 9.17) is 5.73 Å². The lowest BCUT2D eigenvalue weighted by atomic mass is 10.0. The van der Waals surface area contributed by atoms with Crippen LogP contribution in [0.3, 0.4) is 0 Å². The molecule has 0 spiro atoms. The second-order valence-electron chi connectivity index (χ2n) is 5.85. The average Bonchev–Trinajstić information content (AvgIpc) is 2.75. The zero-order chi connectivity index (χ0) is 14.0. The van der Waals surface area contributed by atoms with Gasteiger partial charge in [0.2, 0.25) is 0 Å². The van der Waals surface area contributed by atoms with Crippen LogP contribution in [-0.2, 0) is 18.5 Å². The molecule has 2 aromatic rings. The summed E-state index contributed by atoms with van der Waals surface area (Å²) in [4.78, 5) is 0. The van der Waals surface area contributed by atoms with Crippen LogP contribution in [0.15, 0.2) is 24.3 Å². The molecule has 0 saturated heterocycles. The van der Waals surface area contributed by atoms with Gasteiger partial charge in [0.05, 0.1) is 6.54 Å². The molecule has 4 heteroatoms. The van der Waals surface area contributed by atoms with E-state index in [2.05, 4.69) is 66.7 Å². The molecule has 0 radical (unpaired) electrons. The van der Waals surface area contributed by atoms with Crippen LogP contribution in [0.25, 0.3) is 0 Å². The summed E-state index contributed by atoms with van der Waals surface area (Å²) in [5, 5.41) is 8.54. The summed E-state index contributed by atoms with van der Waals surface area (Å²) in [7, 11) is 0. The van der Waals surface area contributed by atoms with Crippen LogP contribution in [-0.4, -0.2) is 14.8 Å². The maximum absolute atomic E-state index is 5.76. The summed E-state index contributed by atoms with van der Waals surface area (Å²) in [5.41, 5.74) is 8.26. The summed E-state index contributed by atoms with van der Waals surface area (Å²) >= 11 is 0. The highest BCUT2D eigenvalue weighted by molar-refractivity contribution is 5.28. The zero-order valence-electron chi connectivity index (χ0n) is 12.1. The molecule has 2 rings (SSSR count). The zero-order valence-corrected chi connectivity index (χ0v) is 12.1. The summed E-state index contributed by atoms with van der Waals surface area (Å²) < 4.78 is 2.15. The fraction of sp³-hybridized carbons (Fsp3) is 0.467. The molecule has 1 aromatic carbocycles. The van der Waals surface area contributed by atoms with Gasteiger partial charge < -0.3 is 10.3 Å². The summed E-state index contributed by atoms with van der Waals surface area (Å²) in [6.45, 7) is 8.99. The van der Waals surface area contributed by atoms with Crippen molar-refractivity contribution in [3.63, 3.8) is 0 Å². The van der Waals surface area contributed by atoms with E-state index in [1.807, 2.05) is 0 Å². The van der Waals surface area contributed by atoms with Gasteiger partial charge >= 0.3 is 0 Å². The van der Waals surface area contributed by atoms with Crippen LogP contribution in [0.1, 0.15) is 43.5 Å². The third kappa shape index (κ3) is 2.84. The van der Waals surface area contributed by atoms with E-state index in [0.29, 0.717) is 6.54 Å². The average molecular weight is 258 g/mol. The Kier molecular flexibility index (Phi) is 3.71. The van der Waals surface area contributed by atoms with E-state index in [1.54, 1.807) is 0 Å². The summed E-state index contributed by atoms with van der Waals surface area (Å²) in [5.74, 6) is 1.82. The van der Waals surface area contributed by atoms with Gasteiger partial charge in [0, 0.05) is 12.0 Å². The quantitative estimate of drug-likeness (QED) is 0.919. The van der Waals surface area contributed by atoms with Gasteiger partial charge in [0.1, 0.15) is 11.6 Å². The maximum atomic E-state index is 5.76. The van der Waals surface area contributed by atoms with Crippen molar-refractivity contribution in [3.8, 4) is 0 Å². The molecule has 2 N–H and O–H groups in total.